The van der Waals surface area contributed by atoms with Gasteiger partial charge in [0, 0.05) is 48.2 Å². The van der Waals surface area contributed by atoms with Crippen LogP contribution in [0.2, 0.25) is 0 Å². The Morgan fingerprint density at radius 3 is 2.91 bits per heavy atom. The second kappa shape index (κ2) is 4.84. The summed E-state index contributed by atoms with van der Waals surface area (Å²) in [5.74, 6) is 1.59. The van der Waals surface area contributed by atoms with Crippen LogP contribution < -0.4 is 10.2 Å². The number of H-pyrrole nitrogens is 1. The minimum Gasteiger partial charge on any atom is -0.390 e. The Balaban J connectivity index is 1.46. The van der Waals surface area contributed by atoms with E-state index in [9.17, 15) is 0 Å². The summed E-state index contributed by atoms with van der Waals surface area (Å²) >= 11 is 0. The monoisotopic (exact) mass is 303 g/mol. The first-order valence-corrected chi connectivity index (χ1v) is 7.96. The van der Waals surface area contributed by atoms with E-state index in [1.54, 1.807) is 0 Å². The molecule has 114 valence electrons. The van der Waals surface area contributed by atoms with Gasteiger partial charge in [0.05, 0.1) is 5.69 Å². The lowest BCUT2D eigenvalue weighted by Gasteiger charge is -2.16. The maximum absolute atomic E-state index is 4.47. The zero-order valence-electron chi connectivity index (χ0n) is 12.7. The SMILES string of the molecule is C1=C2CN(c3ccc(-c4c[nH]c5ccccc45)nn3)CC2CN1. The Labute approximate surface area is 134 Å². The molecule has 5 heteroatoms. The van der Waals surface area contributed by atoms with Crippen LogP contribution in [0.3, 0.4) is 0 Å². The molecule has 3 aromatic rings. The van der Waals surface area contributed by atoms with Gasteiger partial charge in [-0.05, 0) is 30.0 Å². The Morgan fingerprint density at radius 1 is 1.09 bits per heavy atom. The molecule has 2 N–H and O–H groups in total. The van der Waals surface area contributed by atoms with Gasteiger partial charge in [0.25, 0.3) is 0 Å². The molecule has 0 bridgehead atoms. The number of benzene rings is 1. The molecule has 0 spiro atoms. The van der Waals surface area contributed by atoms with Gasteiger partial charge in [0.2, 0.25) is 0 Å². The number of aromatic amines is 1. The van der Waals surface area contributed by atoms with Crippen LogP contribution in [-0.2, 0) is 0 Å². The van der Waals surface area contributed by atoms with Crippen molar-refractivity contribution in [2.45, 2.75) is 0 Å². The first kappa shape index (κ1) is 12.7. The molecule has 0 saturated carbocycles. The van der Waals surface area contributed by atoms with Crippen LogP contribution in [-0.4, -0.2) is 34.8 Å². The minimum absolute atomic E-state index is 0.630. The van der Waals surface area contributed by atoms with Gasteiger partial charge in [-0.25, -0.2) is 0 Å². The topological polar surface area (TPSA) is 56.8 Å². The summed E-state index contributed by atoms with van der Waals surface area (Å²) in [6, 6.07) is 12.4. The van der Waals surface area contributed by atoms with E-state index in [2.05, 4.69) is 55.9 Å². The second-order valence-corrected chi connectivity index (χ2v) is 6.23. The van der Waals surface area contributed by atoms with Gasteiger partial charge in [-0.3, -0.25) is 0 Å². The van der Waals surface area contributed by atoms with Gasteiger partial charge in [-0.15, -0.1) is 10.2 Å². The van der Waals surface area contributed by atoms with Gasteiger partial charge in [-0.1, -0.05) is 18.2 Å². The number of hydrogen-bond acceptors (Lipinski definition) is 4. The van der Waals surface area contributed by atoms with Crippen LogP contribution in [0.5, 0.6) is 0 Å². The van der Waals surface area contributed by atoms with E-state index in [-0.39, 0.29) is 0 Å². The summed E-state index contributed by atoms with van der Waals surface area (Å²) in [6.07, 6.45) is 4.16. The highest BCUT2D eigenvalue weighted by Crippen LogP contribution is 2.30. The summed E-state index contributed by atoms with van der Waals surface area (Å²) in [6.45, 7) is 3.03. The fourth-order valence-electron chi connectivity index (χ4n) is 3.58. The van der Waals surface area contributed by atoms with E-state index in [0.29, 0.717) is 5.92 Å². The lowest BCUT2D eigenvalue weighted by Crippen LogP contribution is -2.24. The smallest absolute Gasteiger partial charge is 0.151 e. The Kier molecular flexibility index (Phi) is 2.67. The number of anilines is 1. The predicted molar refractivity (Wildman–Crippen MR) is 91.1 cm³/mol. The molecule has 0 aliphatic carbocycles. The Hall–Kier alpha value is -2.82. The van der Waals surface area contributed by atoms with Gasteiger partial charge in [-0.2, -0.15) is 0 Å². The maximum atomic E-state index is 4.47. The summed E-state index contributed by atoms with van der Waals surface area (Å²) in [5, 5.41) is 13.4. The molecule has 1 atom stereocenters. The van der Waals surface area contributed by atoms with Crippen molar-refractivity contribution in [3.63, 3.8) is 0 Å². The number of nitrogens with zero attached hydrogens (tertiary/aromatic N) is 3. The van der Waals surface area contributed by atoms with Crippen LogP contribution >= 0.6 is 0 Å². The third kappa shape index (κ3) is 2.00. The van der Waals surface area contributed by atoms with Crippen molar-refractivity contribution in [3.05, 3.63) is 54.4 Å². The molecule has 1 saturated heterocycles. The van der Waals surface area contributed by atoms with Crippen molar-refractivity contribution in [2.24, 2.45) is 5.92 Å². The lowest BCUT2D eigenvalue weighted by molar-refractivity contribution is 0.674. The van der Waals surface area contributed by atoms with E-state index in [1.165, 1.54) is 11.0 Å². The highest BCUT2D eigenvalue weighted by molar-refractivity contribution is 5.94. The van der Waals surface area contributed by atoms with Crippen molar-refractivity contribution in [2.75, 3.05) is 24.5 Å². The number of hydrogen-bond donors (Lipinski definition) is 2. The fourth-order valence-corrected chi connectivity index (χ4v) is 3.58. The standard InChI is InChI=1S/C18H17N5/c1-2-4-16-14(3-1)15(9-20-16)17-5-6-18(22-21-17)23-10-12-7-19-8-13(12)11-23/h1-7,9,13,19-20H,8,10-11H2. The van der Waals surface area contributed by atoms with Gasteiger partial charge >= 0.3 is 0 Å². The van der Waals surface area contributed by atoms with Crippen LogP contribution in [0.4, 0.5) is 5.82 Å². The lowest BCUT2D eigenvalue weighted by atomic mass is 10.1. The van der Waals surface area contributed by atoms with Crippen LogP contribution in [0.15, 0.2) is 54.4 Å². The molecular weight excluding hydrogens is 286 g/mol. The molecule has 2 aromatic heterocycles. The number of rotatable bonds is 2. The van der Waals surface area contributed by atoms with Crippen LogP contribution in [0.1, 0.15) is 0 Å². The van der Waals surface area contributed by atoms with E-state index in [4.69, 9.17) is 0 Å². The quantitative estimate of drug-likeness (QED) is 0.764. The highest BCUT2D eigenvalue weighted by atomic mass is 15.3. The normalized spacial score (nSPS) is 19.7. The zero-order valence-corrected chi connectivity index (χ0v) is 12.7. The second-order valence-electron chi connectivity index (χ2n) is 6.23. The fraction of sp³-hybridized carbons (Fsp3) is 0.222. The third-order valence-corrected chi connectivity index (χ3v) is 4.83. The molecule has 23 heavy (non-hydrogen) atoms. The first-order valence-electron chi connectivity index (χ1n) is 7.96. The first-order chi connectivity index (χ1) is 11.4. The molecule has 1 aromatic carbocycles. The highest BCUT2D eigenvalue weighted by Gasteiger charge is 2.30. The molecule has 2 aliphatic rings. The summed E-state index contributed by atoms with van der Waals surface area (Å²) in [5.41, 5.74) is 4.61. The van der Waals surface area contributed by atoms with Gasteiger partial charge < -0.3 is 15.2 Å². The average molecular weight is 303 g/mol. The summed E-state index contributed by atoms with van der Waals surface area (Å²) < 4.78 is 0. The number of para-hydroxylation sites is 1. The van der Waals surface area contributed by atoms with E-state index in [1.807, 2.05) is 18.3 Å². The molecule has 1 fully saturated rings. The Bertz CT molecular complexity index is 893. The van der Waals surface area contributed by atoms with E-state index < -0.39 is 0 Å². The zero-order chi connectivity index (χ0) is 15.2. The van der Waals surface area contributed by atoms with Crippen molar-refractivity contribution >= 4 is 16.7 Å². The largest absolute Gasteiger partial charge is 0.390 e. The predicted octanol–water partition coefficient (Wildman–Crippen LogP) is 2.55. The molecule has 0 amide bonds. The molecule has 0 radical (unpaired) electrons. The van der Waals surface area contributed by atoms with Gasteiger partial charge in [0.15, 0.2) is 5.82 Å². The summed E-state index contributed by atoms with van der Waals surface area (Å²) in [7, 11) is 0. The maximum Gasteiger partial charge on any atom is 0.151 e. The number of nitrogens with one attached hydrogen (secondary N) is 2. The van der Waals surface area contributed by atoms with Gasteiger partial charge in [0.1, 0.15) is 0 Å². The number of aromatic nitrogens is 3. The third-order valence-electron chi connectivity index (χ3n) is 4.83. The van der Waals surface area contributed by atoms with Crippen LogP contribution in [0, 0.1) is 5.92 Å². The molecule has 5 rings (SSSR count). The molecule has 4 heterocycles. The van der Waals surface area contributed by atoms with Crippen molar-refractivity contribution in [3.8, 4) is 11.3 Å². The van der Waals surface area contributed by atoms with Crippen molar-refractivity contribution in [1.82, 2.24) is 20.5 Å². The van der Waals surface area contributed by atoms with E-state index in [0.717, 1.165) is 42.2 Å². The Morgan fingerprint density at radius 2 is 2.04 bits per heavy atom. The van der Waals surface area contributed by atoms with Crippen molar-refractivity contribution in [1.29, 1.82) is 0 Å². The van der Waals surface area contributed by atoms with Crippen molar-refractivity contribution < 1.29 is 0 Å². The van der Waals surface area contributed by atoms with E-state index >= 15 is 0 Å². The van der Waals surface area contributed by atoms with Crippen LogP contribution in [0.25, 0.3) is 22.2 Å². The molecule has 5 nitrogen and oxygen atoms in total. The molecule has 1 unspecified atom stereocenters. The molecule has 2 aliphatic heterocycles. The summed E-state index contributed by atoms with van der Waals surface area (Å²) in [4.78, 5) is 5.60. The minimum atomic E-state index is 0.630. The average Bonchev–Trinajstić information content (AvgIpc) is 3.29. The number of fused-ring (bicyclic) bond motifs is 2. The molecular formula is C18H17N5.